The van der Waals surface area contributed by atoms with Crippen LogP contribution < -0.4 is 10.9 Å². The molecular weight excluding hydrogens is 366 g/mol. The van der Waals surface area contributed by atoms with E-state index in [9.17, 15) is 14.9 Å². The minimum atomic E-state index is -0.732. The lowest BCUT2D eigenvalue weighted by molar-refractivity contribution is -0.119. The maximum atomic E-state index is 13.2. The van der Waals surface area contributed by atoms with Crippen molar-refractivity contribution < 1.29 is 9.21 Å². The Hall–Kier alpha value is -3.33. The lowest BCUT2D eigenvalue weighted by Gasteiger charge is -2.22. The Bertz CT molecular complexity index is 1230. The smallest absolute Gasteiger partial charge is 0.252 e. The molecule has 0 radical (unpaired) electrons. The molecule has 0 aliphatic rings. The summed E-state index contributed by atoms with van der Waals surface area (Å²) in [4.78, 5) is 26.1. The number of furan rings is 1. The molecule has 1 unspecified atom stereocenters. The highest BCUT2D eigenvalue weighted by molar-refractivity contribution is 5.95. The van der Waals surface area contributed by atoms with E-state index in [1.54, 1.807) is 24.5 Å². The van der Waals surface area contributed by atoms with Crippen molar-refractivity contribution in [1.82, 2.24) is 4.57 Å². The third-order valence-corrected chi connectivity index (χ3v) is 5.42. The molecular formula is C23H25N3O3. The van der Waals surface area contributed by atoms with Crippen molar-refractivity contribution in [3.63, 3.8) is 0 Å². The van der Waals surface area contributed by atoms with E-state index in [2.05, 4.69) is 11.4 Å². The van der Waals surface area contributed by atoms with E-state index >= 15 is 0 Å². The lowest BCUT2D eigenvalue weighted by atomic mass is 10.0. The summed E-state index contributed by atoms with van der Waals surface area (Å²) in [6.07, 6.45) is 0.414. The number of fused-ring (bicyclic) bond motifs is 1. The van der Waals surface area contributed by atoms with Crippen LogP contribution >= 0.6 is 0 Å². The number of pyridine rings is 1. The number of hydrogen-bond donors (Lipinski definition) is 1. The normalized spacial score (nSPS) is 12.0. The lowest BCUT2D eigenvalue weighted by Crippen LogP contribution is -2.33. The van der Waals surface area contributed by atoms with Gasteiger partial charge in [-0.3, -0.25) is 19.5 Å². The Morgan fingerprint density at radius 1 is 1.17 bits per heavy atom. The van der Waals surface area contributed by atoms with Gasteiger partial charge in [-0.1, -0.05) is 18.6 Å². The summed E-state index contributed by atoms with van der Waals surface area (Å²) >= 11 is 0. The zero-order chi connectivity index (χ0) is 21.5. The van der Waals surface area contributed by atoms with Crippen LogP contribution in [0.15, 0.2) is 27.4 Å². The molecule has 1 amide bonds. The Labute approximate surface area is 169 Å². The molecule has 3 aromatic rings. The summed E-state index contributed by atoms with van der Waals surface area (Å²) in [5.74, 6) is 0.321. The molecule has 6 heteroatoms. The van der Waals surface area contributed by atoms with Crippen molar-refractivity contribution in [3.05, 3.63) is 62.1 Å². The maximum Gasteiger partial charge on any atom is 0.252 e. The highest BCUT2D eigenvalue weighted by Gasteiger charge is 2.26. The highest BCUT2D eigenvalue weighted by atomic mass is 16.4. The number of amides is 1. The number of nitrogens with one attached hydrogen (secondary N) is 1. The Kier molecular flexibility index (Phi) is 5.34. The van der Waals surface area contributed by atoms with Crippen LogP contribution in [-0.4, -0.2) is 10.5 Å². The second kappa shape index (κ2) is 7.59. The van der Waals surface area contributed by atoms with Crippen LogP contribution in [0.25, 0.3) is 10.9 Å². The van der Waals surface area contributed by atoms with E-state index in [-0.39, 0.29) is 17.4 Å². The van der Waals surface area contributed by atoms with Crippen LogP contribution in [0.5, 0.6) is 0 Å². The molecule has 1 atom stereocenters. The van der Waals surface area contributed by atoms with Crippen LogP contribution in [-0.2, 0) is 4.79 Å². The van der Waals surface area contributed by atoms with E-state index in [1.165, 1.54) is 0 Å². The van der Waals surface area contributed by atoms with Crippen LogP contribution in [0.4, 0.5) is 5.88 Å². The quantitative estimate of drug-likeness (QED) is 0.704. The molecule has 0 bridgehead atoms. The number of nitriles is 1. The molecule has 3 rings (SSSR count). The number of rotatable bonds is 4. The second-order valence-electron chi connectivity index (χ2n) is 7.53. The van der Waals surface area contributed by atoms with Crippen molar-refractivity contribution in [2.75, 3.05) is 5.32 Å². The molecule has 0 aliphatic heterocycles. The topological polar surface area (TPSA) is 88.0 Å². The number of benzene rings is 1. The standard InChI is InChI=1S/C23H25N3O3/c1-7-19(22(28)25-23-18(11-24)15(5)16(6)29-23)26-20(27)10-13(3)17-9-12(2)8-14(4)21(17)26/h8-10,19H,7H2,1-6H3,(H,25,28). The van der Waals surface area contributed by atoms with Gasteiger partial charge in [0, 0.05) is 17.0 Å². The van der Waals surface area contributed by atoms with Crippen LogP contribution in [0.2, 0.25) is 0 Å². The summed E-state index contributed by atoms with van der Waals surface area (Å²) < 4.78 is 7.13. The summed E-state index contributed by atoms with van der Waals surface area (Å²) in [6, 6.07) is 6.95. The van der Waals surface area contributed by atoms with E-state index in [1.807, 2.05) is 39.8 Å². The average molecular weight is 391 g/mol. The predicted molar refractivity (Wildman–Crippen MR) is 113 cm³/mol. The van der Waals surface area contributed by atoms with Crippen molar-refractivity contribution >= 4 is 22.7 Å². The van der Waals surface area contributed by atoms with Gasteiger partial charge in [0.15, 0.2) is 0 Å². The first-order chi connectivity index (χ1) is 13.7. The van der Waals surface area contributed by atoms with Gasteiger partial charge in [-0.2, -0.15) is 5.26 Å². The van der Waals surface area contributed by atoms with E-state index < -0.39 is 6.04 Å². The maximum absolute atomic E-state index is 13.2. The first kappa shape index (κ1) is 20.4. The SMILES string of the molecule is CCC(C(=O)Nc1oc(C)c(C)c1C#N)n1c(=O)cc(C)c2cc(C)cc(C)c21. The van der Waals surface area contributed by atoms with Gasteiger partial charge < -0.3 is 4.42 Å². The third kappa shape index (κ3) is 3.44. The van der Waals surface area contributed by atoms with Gasteiger partial charge in [0.1, 0.15) is 23.4 Å². The third-order valence-electron chi connectivity index (χ3n) is 5.42. The van der Waals surface area contributed by atoms with Gasteiger partial charge in [0.25, 0.3) is 5.56 Å². The van der Waals surface area contributed by atoms with Crippen LogP contribution in [0.1, 0.15) is 53.0 Å². The van der Waals surface area contributed by atoms with E-state index in [0.29, 0.717) is 23.3 Å². The number of carbonyl (C=O) groups excluding carboxylic acids is 1. The van der Waals surface area contributed by atoms with Crippen molar-refractivity contribution in [3.8, 4) is 6.07 Å². The number of aryl methyl sites for hydroxylation is 4. The largest absolute Gasteiger partial charge is 0.444 e. The minimum absolute atomic E-state index is 0.128. The monoisotopic (exact) mass is 391 g/mol. The summed E-state index contributed by atoms with van der Waals surface area (Å²) in [7, 11) is 0. The zero-order valence-corrected chi connectivity index (χ0v) is 17.6. The van der Waals surface area contributed by atoms with E-state index in [4.69, 9.17) is 4.42 Å². The zero-order valence-electron chi connectivity index (χ0n) is 17.6. The molecule has 1 aromatic carbocycles. The number of aromatic nitrogens is 1. The number of anilines is 1. The first-order valence-electron chi connectivity index (χ1n) is 9.63. The molecule has 2 heterocycles. The van der Waals surface area contributed by atoms with Crippen molar-refractivity contribution in [1.29, 1.82) is 5.26 Å². The molecule has 1 N–H and O–H groups in total. The molecule has 0 saturated carbocycles. The molecule has 0 aliphatic carbocycles. The van der Waals surface area contributed by atoms with Crippen molar-refractivity contribution in [2.45, 2.75) is 54.0 Å². The highest BCUT2D eigenvalue weighted by Crippen LogP contribution is 2.29. The number of carbonyl (C=O) groups is 1. The van der Waals surface area contributed by atoms with Gasteiger partial charge in [-0.05, 0) is 58.2 Å². The summed E-state index contributed by atoms with van der Waals surface area (Å²) in [6.45, 7) is 11.2. The molecule has 150 valence electrons. The predicted octanol–water partition coefficient (Wildman–Crippen LogP) is 4.60. The fourth-order valence-corrected chi connectivity index (χ4v) is 3.86. The first-order valence-corrected chi connectivity index (χ1v) is 9.63. The number of hydrogen-bond acceptors (Lipinski definition) is 4. The van der Waals surface area contributed by atoms with E-state index in [0.717, 1.165) is 27.6 Å². The Morgan fingerprint density at radius 2 is 1.86 bits per heavy atom. The molecule has 6 nitrogen and oxygen atoms in total. The fourth-order valence-electron chi connectivity index (χ4n) is 3.86. The Morgan fingerprint density at radius 3 is 2.48 bits per heavy atom. The van der Waals surface area contributed by atoms with Gasteiger partial charge in [0.05, 0.1) is 5.52 Å². The van der Waals surface area contributed by atoms with Gasteiger partial charge in [-0.25, -0.2) is 0 Å². The number of nitrogens with zero attached hydrogens (tertiary/aromatic N) is 2. The fraction of sp³-hybridized carbons (Fsp3) is 0.348. The van der Waals surface area contributed by atoms with Crippen LogP contribution in [0.3, 0.4) is 0 Å². The summed E-state index contributed by atoms with van der Waals surface area (Å²) in [5.41, 5.74) is 4.45. The van der Waals surface area contributed by atoms with Gasteiger partial charge in [0.2, 0.25) is 11.8 Å². The molecule has 0 fully saturated rings. The molecule has 29 heavy (non-hydrogen) atoms. The molecule has 2 aromatic heterocycles. The Balaban J connectivity index is 2.15. The summed E-state index contributed by atoms with van der Waals surface area (Å²) in [5, 5.41) is 13.1. The molecule has 0 saturated heterocycles. The van der Waals surface area contributed by atoms with Crippen molar-refractivity contribution in [2.24, 2.45) is 0 Å². The van der Waals surface area contributed by atoms with Gasteiger partial charge >= 0.3 is 0 Å². The average Bonchev–Trinajstić information content (AvgIpc) is 2.91. The van der Waals surface area contributed by atoms with Crippen LogP contribution in [0, 0.1) is 45.9 Å². The second-order valence-corrected chi connectivity index (χ2v) is 7.53. The van der Waals surface area contributed by atoms with Gasteiger partial charge in [-0.15, -0.1) is 0 Å². The molecule has 0 spiro atoms. The minimum Gasteiger partial charge on any atom is -0.444 e.